The molecule has 1 aromatic rings. The van der Waals surface area contributed by atoms with E-state index in [4.69, 9.17) is 15.7 Å². The fraction of sp³-hybridized carbons (Fsp3) is 0.429. The van der Waals surface area contributed by atoms with E-state index in [1.807, 2.05) is 24.3 Å². The molecule has 0 bridgehead atoms. The van der Waals surface area contributed by atoms with E-state index in [1.165, 1.54) is 25.5 Å². The normalized spacial score (nSPS) is 11.8. The van der Waals surface area contributed by atoms with Gasteiger partial charge in [-0.05, 0) is 24.1 Å². The summed E-state index contributed by atoms with van der Waals surface area (Å²) in [6, 6.07) is 7.55. The maximum atomic E-state index is 8.44. The van der Waals surface area contributed by atoms with Crippen molar-refractivity contribution in [2.24, 2.45) is 15.9 Å². The van der Waals surface area contributed by atoms with Crippen LogP contribution >= 0.6 is 0 Å². The molecule has 6 heteroatoms. The van der Waals surface area contributed by atoms with Gasteiger partial charge in [0.15, 0.2) is 0 Å². The fourth-order valence-electron chi connectivity index (χ4n) is 1.58. The van der Waals surface area contributed by atoms with Crippen molar-refractivity contribution in [1.82, 2.24) is 5.48 Å². The lowest BCUT2D eigenvalue weighted by atomic mass is 10.2. The molecule has 0 heterocycles. The quantitative estimate of drug-likeness (QED) is 0.294. The molecule has 110 valence electrons. The average molecular weight is 278 g/mol. The molecule has 0 saturated carbocycles. The number of hydroxylamine groups is 1. The molecule has 0 unspecified atom stereocenters. The first-order chi connectivity index (χ1) is 9.76. The molecular weight excluding hydrogens is 256 g/mol. The van der Waals surface area contributed by atoms with Gasteiger partial charge in [0.2, 0.25) is 5.96 Å². The Balaban J connectivity index is 2.45. The van der Waals surface area contributed by atoms with Crippen LogP contribution in [0.4, 0.5) is 0 Å². The van der Waals surface area contributed by atoms with Crippen LogP contribution in [-0.2, 0) is 0 Å². The van der Waals surface area contributed by atoms with Crippen molar-refractivity contribution in [3.63, 3.8) is 0 Å². The molecule has 1 rings (SSSR count). The summed E-state index contributed by atoms with van der Waals surface area (Å²) in [5, 5.41) is 15.7. The summed E-state index contributed by atoms with van der Waals surface area (Å²) in [6.07, 6.45) is 6.26. The molecule has 0 aliphatic carbocycles. The Morgan fingerprint density at radius 2 is 2.25 bits per heavy atom. The molecule has 0 aliphatic heterocycles. The monoisotopic (exact) mass is 278 g/mol. The molecular formula is C14H22N4O2. The summed E-state index contributed by atoms with van der Waals surface area (Å²) in [6.45, 7) is 2.91. The lowest BCUT2D eigenvalue weighted by Crippen LogP contribution is -2.27. The first kappa shape index (κ1) is 16.0. The fourth-order valence-corrected chi connectivity index (χ4v) is 1.58. The summed E-state index contributed by atoms with van der Waals surface area (Å²) in [7, 11) is 0. The zero-order valence-corrected chi connectivity index (χ0v) is 11.7. The second-order valence-electron chi connectivity index (χ2n) is 4.32. The summed E-state index contributed by atoms with van der Waals surface area (Å²) in [4.78, 5) is 0. The van der Waals surface area contributed by atoms with Crippen LogP contribution in [0, 0.1) is 0 Å². The highest BCUT2D eigenvalue weighted by molar-refractivity contribution is 5.82. The van der Waals surface area contributed by atoms with E-state index < -0.39 is 0 Å². The van der Waals surface area contributed by atoms with E-state index in [-0.39, 0.29) is 5.96 Å². The van der Waals surface area contributed by atoms with Crippen molar-refractivity contribution in [2.75, 3.05) is 6.61 Å². The minimum Gasteiger partial charge on any atom is -0.494 e. The van der Waals surface area contributed by atoms with Crippen LogP contribution in [0.2, 0.25) is 0 Å². The Morgan fingerprint density at radius 1 is 1.40 bits per heavy atom. The molecule has 0 fully saturated rings. The van der Waals surface area contributed by atoms with Crippen molar-refractivity contribution in [1.29, 1.82) is 0 Å². The number of hydrogen-bond donors (Lipinski definition) is 3. The van der Waals surface area contributed by atoms with Crippen molar-refractivity contribution < 1.29 is 9.94 Å². The minimum absolute atomic E-state index is 0.162. The smallest absolute Gasteiger partial charge is 0.237 e. The van der Waals surface area contributed by atoms with E-state index in [0.29, 0.717) is 0 Å². The van der Waals surface area contributed by atoms with Gasteiger partial charge in [-0.2, -0.15) is 5.10 Å². The van der Waals surface area contributed by atoms with Gasteiger partial charge in [-0.25, -0.2) is 5.48 Å². The summed E-state index contributed by atoms with van der Waals surface area (Å²) in [5.74, 6) is 0.646. The van der Waals surface area contributed by atoms with Gasteiger partial charge in [0.25, 0.3) is 0 Å². The standard InChI is InChI=1S/C14H22N4O2/c1-2-3-4-5-9-20-13-8-6-7-12(10-13)11-16-17-14(15)18-19/h6-8,10-11,19H,2-5,9H2,1H3,(H3,15,17,18)/b16-11-. The highest BCUT2D eigenvalue weighted by Crippen LogP contribution is 2.13. The summed E-state index contributed by atoms with van der Waals surface area (Å²) < 4.78 is 5.67. The van der Waals surface area contributed by atoms with Crippen LogP contribution in [0.15, 0.2) is 34.5 Å². The van der Waals surface area contributed by atoms with Crippen LogP contribution in [0.25, 0.3) is 0 Å². The van der Waals surface area contributed by atoms with Gasteiger partial charge >= 0.3 is 0 Å². The van der Waals surface area contributed by atoms with Crippen molar-refractivity contribution in [3.8, 4) is 5.75 Å². The first-order valence-electron chi connectivity index (χ1n) is 6.75. The molecule has 0 atom stereocenters. The van der Waals surface area contributed by atoms with Crippen molar-refractivity contribution in [2.45, 2.75) is 32.6 Å². The molecule has 20 heavy (non-hydrogen) atoms. The number of benzene rings is 1. The number of ether oxygens (including phenoxy) is 1. The maximum Gasteiger partial charge on any atom is 0.237 e. The van der Waals surface area contributed by atoms with Crippen molar-refractivity contribution >= 4 is 12.2 Å². The lowest BCUT2D eigenvalue weighted by molar-refractivity contribution is 0.232. The van der Waals surface area contributed by atoms with Crippen LogP contribution in [0.5, 0.6) is 5.75 Å². The molecule has 0 aromatic heterocycles. The van der Waals surface area contributed by atoms with Gasteiger partial charge < -0.3 is 10.5 Å². The third-order valence-corrected chi connectivity index (χ3v) is 2.61. The Labute approximate surface area is 119 Å². The second kappa shape index (κ2) is 9.80. The van der Waals surface area contributed by atoms with Crippen LogP contribution < -0.4 is 16.0 Å². The zero-order chi connectivity index (χ0) is 14.6. The van der Waals surface area contributed by atoms with Gasteiger partial charge in [0, 0.05) is 0 Å². The number of nitrogens with one attached hydrogen (secondary N) is 1. The molecule has 0 aliphatic rings. The van der Waals surface area contributed by atoms with Gasteiger partial charge in [-0.1, -0.05) is 38.3 Å². The second-order valence-corrected chi connectivity index (χ2v) is 4.32. The van der Waals surface area contributed by atoms with Gasteiger partial charge in [-0.3, -0.25) is 5.21 Å². The Morgan fingerprint density at radius 3 is 3.00 bits per heavy atom. The van der Waals surface area contributed by atoms with Crippen molar-refractivity contribution in [3.05, 3.63) is 29.8 Å². The van der Waals surface area contributed by atoms with Crippen LogP contribution in [-0.4, -0.2) is 24.0 Å². The number of nitrogens with zero attached hydrogens (tertiary/aromatic N) is 2. The minimum atomic E-state index is -0.162. The van der Waals surface area contributed by atoms with E-state index in [9.17, 15) is 0 Å². The molecule has 0 amide bonds. The van der Waals surface area contributed by atoms with Gasteiger partial charge in [-0.15, -0.1) is 5.10 Å². The van der Waals surface area contributed by atoms with E-state index in [0.717, 1.165) is 24.3 Å². The first-order valence-corrected chi connectivity index (χ1v) is 6.75. The molecule has 4 N–H and O–H groups in total. The van der Waals surface area contributed by atoms with Gasteiger partial charge in [0.05, 0.1) is 12.8 Å². The van der Waals surface area contributed by atoms with Gasteiger partial charge in [0.1, 0.15) is 5.75 Å². The number of nitrogens with two attached hydrogens (primary N) is 1. The predicted molar refractivity (Wildman–Crippen MR) is 80.2 cm³/mol. The average Bonchev–Trinajstić information content (AvgIpc) is 2.47. The number of guanidine groups is 1. The van der Waals surface area contributed by atoms with E-state index >= 15 is 0 Å². The molecule has 0 saturated heterocycles. The molecule has 0 spiro atoms. The maximum absolute atomic E-state index is 8.44. The summed E-state index contributed by atoms with van der Waals surface area (Å²) in [5.41, 5.74) is 7.77. The van der Waals surface area contributed by atoms with Crippen LogP contribution in [0.3, 0.4) is 0 Å². The largest absolute Gasteiger partial charge is 0.494 e. The highest BCUT2D eigenvalue weighted by atomic mass is 16.5. The number of rotatable bonds is 8. The summed E-state index contributed by atoms with van der Waals surface area (Å²) >= 11 is 0. The van der Waals surface area contributed by atoms with Crippen LogP contribution in [0.1, 0.15) is 38.2 Å². The Kier molecular flexibility index (Phi) is 7.83. The third-order valence-electron chi connectivity index (χ3n) is 2.61. The molecule has 6 nitrogen and oxygen atoms in total. The zero-order valence-electron chi connectivity index (χ0n) is 11.7. The number of unbranched alkanes of at least 4 members (excludes halogenated alkanes) is 3. The topological polar surface area (TPSA) is 92.2 Å². The predicted octanol–water partition coefficient (Wildman–Crippen LogP) is 2.27. The van der Waals surface area contributed by atoms with E-state index in [2.05, 4.69) is 17.1 Å². The number of hydrogen-bond acceptors (Lipinski definition) is 4. The van der Waals surface area contributed by atoms with E-state index in [1.54, 1.807) is 5.48 Å². The SMILES string of the molecule is CCCCCCOc1cccc(/C=N\N=C(\N)NO)c1. The highest BCUT2D eigenvalue weighted by Gasteiger charge is 1.95. The molecule has 0 radical (unpaired) electrons. The Hall–Kier alpha value is -2.08. The Bertz CT molecular complexity index is 447. The lowest BCUT2D eigenvalue weighted by Gasteiger charge is -2.06. The molecule has 1 aromatic carbocycles. The third kappa shape index (κ3) is 6.75.